The van der Waals surface area contributed by atoms with Crippen LogP contribution in [0.2, 0.25) is 0 Å². The van der Waals surface area contributed by atoms with Crippen LogP contribution in [0.1, 0.15) is 12.1 Å². The van der Waals surface area contributed by atoms with Crippen LogP contribution in [-0.4, -0.2) is 30.6 Å². The van der Waals surface area contributed by atoms with E-state index in [1.165, 1.54) is 24.5 Å². The molecule has 0 aliphatic rings. The average molecular weight is 463 g/mol. The Morgan fingerprint density at radius 1 is 1.15 bits per heavy atom. The Morgan fingerprint density at radius 3 is 2.68 bits per heavy atom. The Kier molecular flexibility index (Phi) is 6.53. The van der Waals surface area contributed by atoms with E-state index in [1.54, 1.807) is 48.4 Å². The fourth-order valence-electron chi connectivity index (χ4n) is 2.95. The van der Waals surface area contributed by atoms with Gasteiger partial charge in [-0.15, -0.1) is 0 Å². The molecule has 4 rings (SSSR count). The van der Waals surface area contributed by atoms with Gasteiger partial charge >= 0.3 is 0 Å². The predicted molar refractivity (Wildman–Crippen MR) is 122 cm³/mol. The number of ether oxygens (including phenoxy) is 1. The number of rotatable bonds is 8. The summed E-state index contributed by atoms with van der Waals surface area (Å²) in [4.78, 5) is 24.2. The SMILES string of the molecule is C=CC(=O)Nc1cccc(Oc2nc(Nc3cnn(C)c3)ncc2-c2ccc(C(F)F)nc2)c1. The van der Waals surface area contributed by atoms with Crippen LogP contribution in [0, 0.1) is 0 Å². The zero-order chi connectivity index (χ0) is 24.1. The van der Waals surface area contributed by atoms with E-state index in [4.69, 9.17) is 4.74 Å². The van der Waals surface area contributed by atoms with E-state index in [9.17, 15) is 13.6 Å². The van der Waals surface area contributed by atoms with E-state index in [1.807, 2.05) is 0 Å². The second-order valence-corrected chi connectivity index (χ2v) is 7.04. The lowest BCUT2D eigenvalue weighted by Crippen LogP contribution is -2.07. The minimum atomic E-state index is -2.68. The van der Waals surface area contributed by atoms with E-state index in [-0.39, 0.29) is 23.4 Å². The lowest BCUT2D eigenvalue weighted by molar-refractivity contribution is -0.111. The molecule has 0 fully saturated rings. The predicted octanol–water partition coefficient (Wildman–Crippen LogP) is 4.87. The van der Waals surface area contributed by atoms with Crippen LogP contribution in [0.5, 0.6) is 11.6 Å². The molecule has 4 aromatic rings. The van der Waals surface area contributed by atoms with Crippen molar-refractivity contribution in [3.63, 3.8) is 0 Å². The highest BCUT2D eigenvalue weighted by molar-refractivity contribution is 5.98. The number of amides is 1. The molecule has 1 amide bonds. The van der Waals surface area contributed by atoms with Gasteiger partial charge in [-0.05, 0) is 24.3 Å². The molecule has 0 unspecified atom stereocenters. The average Bonchev–Trinajstić information content (AvgIpc) is 3.24. The van der Waals surface area contributed by atoms with Gasteiger partial charge in [0.05, 0.1) is 17.4 Å². The molecular weight excluding hydrogens is 444 g/mol. The normalized spacial score (nSPS) is 10.7. The van der Waals surface area contributed by atoms with Gasteiger partial charge in [-0.3, -0.25) is 14.5 Å². The molecule has 34 heavy (non-hydrogen) atoms. The van der Waals surface area contributed by atoms with Gasteiger partial charge in [0.2, 0.25) is 17.7 Å². The van der Waals surface area contributed by atoms with Gasteiger partial charge in [0.1, 0.15) is 11.4 Å². The summed E-state index contributed by atoms with van der Waals surface area (Å²) >= 11 is 0. The van der Waals surface area contributed by atoms with E-state index in [2.05, 4.69) is 37.3 Å². The van der Waals surface area contributed by atoms with Crippen molar-refractivity contribution < 1.29 is 18.3 Å². The first kappa shape index (κ1) is 22.5. The lowest BCUT2D eigenvalue weighted by atomic mass is 10.1. The van der Waals surface area contributed by atoms with Crippen LogP contribution in [0.4, 0.5) is 26.1 Å². The molecule has 9 nitrogen and oxygen atoms in total. The Hall–Kier alpha value is -4.67. The third-order valence-corrected chi connectivity index (χ3v) is 4.54. The number of aromatic nitrogens is 5. The van der Waals surface area contributed by atoms with Crippen molar-refractivity contribution >= 4 is 23.2 Å². The fourth-order valence-corrected chi connectivity index (χ4v) is 2.95. The molecule has 2 N–H and O–H groups in total. The number of hydrogen-bond acceptors (Lipinski definition) is 7. The standard InChI is InChI=1S/C23H19F2N7O2/c1-3-20(33)29-15-5-4-6-17(9-15)34-22-18(14-7-8-19(21(24)25)26-10-14)12-27-23(31-22)30-16-11-28-32(2)13-16/h3-13,21H,1H2,2H3,(H,29,33)(H,27,30,31). The second kappa shape index (κ2) is 9.86. The van der Waals surface area contributed by atoms with E-state index >= 15 is 0 Å². The highest BCUT2D eigenvalue weighted by Gasteiger charge is 2.15. The summed E-state index contributed by atoms with van der Waals surface area (Å²) in [5.41, 5.74) is 1.75. The Morgan fingerprint density at radius 2 is 2.00 bits per heavy atom. The van der Waals surface area contributed by atoms with Crippen molar-refractivity contribution in [1.82, 2.24) is 24.7 Å². The number of carbonyl (C=O) groups is 1. The summed E-state index contributed by atoms with van der Waals surface area (Å²) < 4.78 is 33.5. The van der Waals surface area contributed by atoms with Gasteiger partial charge in [0.25, 0.3) is 6.43 Å². The van der Waals surface area contributed by atoms with E-state index < -0.39 is 6.43 Å². The molecule has 0 atom stereocenters. The highest BCUT2D eigenvalue weighted by Crippen LogP contribution is 2.33. The van der Waals surface area contributed by atoms with Gasteiger partial charge < -0.3 is 15.4 Å². The number of alkyl halides is 2. The van der Waals surface area contributed by atoms with Crippen LogP contribution in [0.3, 0.4) is 0 Å². The molecule has 3 heterocycles. The number of pyridine rings is 1. The molecule has 0 saturated carbocycles. The summed E-state index contributed by atoms with van der Waals surface area (Å²) in [5, 5.41) is 9.77. The highest BCUT2D eigenvalue weighted by atomic mass is 19.3. The Balaban J connectivity index is 1.69. The molecule has 0 bridgehead atoms. The first-order valence-corrected chi connectivity index (χ1v) is 10.00. The molecule has 1 aromatic carbocycles. The maximum absolute atomic E-state index is 12.9. The number of hydrogen-bond donors (Lipinski definition) is 2. The number of anilines is 3. The second-order valence-electron chi connectivity index (χ2n) is 7.04. The summed E-state index contributed by atoms with van der Waals surface area (Å²) in [7, 11) is 1.78. The van der Waals surface area contributed by atoms with Crippen molar-refractivity contribution in [2.45, 2.75) is 6.43 Å². The van der Waals surface area contributed by atoms with Crippen molar-refractivity contribution in [1.29, 1.82) is 0 Å². The largest absolute Gasteiger partial charge is 0.438 e. The van der Waals surface area contributed by atoms with Crippen molar-refractivity contribution in [2.24, 2.45) is 7.05 Å². The Labute approximate surface area is 193 Å². The van der Waals surface area contributed by atoms with Crippen LogP contribution >= 0.6 is 0 Å². The van der Waals surface area contributed by atoms with Gasteiger partial charge in [-0.1, -0.05) is 18.7 Å². The molecule has 172 valence electrons. The van der Waals surface area contributed by atoms with Crippen LogP contribution in [0.25, 0.3) is 11.1 Å². The molecule has 0 saturated heterocycles. The maximum Gasteiger partial charge on any atom is 0.280 e. The van der Waals surface area contributed by atoms with Crippen LogP contribution in [0.15, 0.2) is 73.8 Å². The fraction of sp³-hybridized carbons (Fsp3) is 0.0870. The minimum absolute atomic E-state index is 0.153. The molecule has 3 aromatic heterocycles. The summed E-state index contributed by atoms with van der Waals surface area (Å²) in [6, 6.07) is 9.41. The molecule has 0 aliphatic carbocycles. The number of nitrogens with one attached hydrogen (secondary N) is 2. The van der Waals surface area contributed by atoms with Crippen molar-refractivity contribution in [3.8, 4) is 22.8 Å². The van der Waals surface area contributed by atoms with E-state index in [0.717, 1.165) is 6.08 Å². The topological polar surface area (TPSA) is 107 Å². The smallest absolute Gasteiger partial charge is 0.280 e. The number of halogens is 2. The summed E-state index contributed by atoms with van der Waals surface area (Å²) in [5.74, 6) is 0.402. The monoisotopic (exact) mass is 463 g/mol. The third-order valence-electron chi connectivity index (χ3n) is 4.54. The zero-order valence-corrected chi connectivity index (χ0v) is 17.9. The van der Waals surface area contributed by atoms with Crippen molar-refractivity contribution in [2.75, 3.05) is 10.6 Å². The van der Waals surface area contributed by atoms with Gasteiger partial charge in [0, 0.05) is 43.0 Å². The number of carbonyl (C=O) groups excluding carboxylic acids is 1. The number of aryl methyl sites for hydroxylation is 1. The van der Waals surface area contributed by atoms with Crippen molar-refractivity contribution in [3.05, 3.63) is 79.5 Å². The van der Waals surface area contributed by atoms with E-state index in [0.29, 0.717) is 28.3 Å². The van der Waals surface area contributed by atoms with Gasteiger partial charge in [0.15, 0.2) is 0 Å². The molecular formula is C23H19F2N7O2. The third kappa shape index (κ3) is 5.38. The quantitative estimate of drug-likeness (QED) is 0.359. The lowest BCUT2D eigenvalue weighted by Gasteiger charge is -2.13. The zero-order valence-electron chi connectivity index (χ0n) is 17.9. The summed E-state index contributed by atoms with van der Waals surface area (Å²) in [6.07, 6.45) is 4.64. The first-order valence-electron chi connectivity index (χ1n) is 10.00. The molecule has 0 spiro atoms. The maximum atomic E-state index is 12.9. The van der Waals surface area contributed by atoms with Crippen LogP contribution in [-0.2, 0) is 11.8 Å². The van der Waals surface area contributed by atoms with Crippen LogP contribution < -0.4 is 15.4 Å². The minimum Gasteiger partial charge on any atom is -0.438 e. The Bertz CT molecular complexity index is 1320. The van der Waals surface area contributed by atoms with Gasteiger partial charge in [-0.2, -0.15) is 10.1 Å². The van der Waals surface area contributed by atoms with Gasteiger partial charge in [-0.25, -0.2) is 13.8 Å². The molecule has 0 aliphatic heterocycles. The number of nitrogens with zero attached hydrogens (tertiary/aromatic N) is 5. The number of benzene rings is 1. The summed E-state index contributed by atoms with van der Waals surface area (Å²) in [6.45, 7) is 3.43. The first-order chi connectivity index (χ1) is 16.4. The molecule has 0 radical (unpaired) electrons. The molecule has 11 heteroatoms.